The number of nitrogens with zero attached hydrogens (tertiary/aromatic N) is 3. The van der Waals surface area contributed by atoms with Crippen molar-refractivity contribution in [2.24, 2.45) is 0 Å². The Balaban J connectivity index is 1.54. The first-order valence-electron chi connectivity index (χ1n) is 7.12. The molecule has 0 radical (unpaired) electrons. The van der Waals surface area contributed by atoms with Crippen LogP contribution in [0.2, 0.25) is 0 Å². The van der Waals surface area contributed by atoms with E-state index in [0.717, 1.165) is 23.9 Å². The molecule has 0 bridgehead atoms. The fraction of sp³-hybridized carbons (Fsp3) is 0.111. The fourth-order valence-corrected chi connectivity index (χ4v) is 2.15. The molecular weight excluding hydrogens is 258 g/mol. The van der Waals surface area contributed by atoms with Crippen molar-refractivity contribution in [2.45, 2.75) is 12.8 Å². The number of hydrogen-bond acceptors (Lipinski definition) is 2. The molecule has 0 atom stereocenters. The van der Waals surface area contributed by atoms with Crippen LogP contribution in [-0.2, 0) is 0 Å². The van der Waals surface area contributed by atoms with E-state index in [1.807, 2.05) is 41.2 Å². The number of aromatic nitrogens is 3. The SMILES string of the molecule is C(=Cc1ccccc1)CCC=Cn1nnc2ccccc21. The van der Waals surface area contributed by atoms with Gasteiger partial charge in [-0.1, -0.05) is 65.9 Å². The second kappa shape index (κ2) is 6.66. The van der Waals surface area contributed by atoms with Crippen LogP contribution in [0.1, 0.15) is 18.4 Å². The summed E-state index contributed by atoms with van der Waals surface area (Å²) in [6.07, 6.45) is 10.4. The summed E-state index contributed by atoms with van der Waals surface area (Å²) in [6.45, 7) is 0. The molecule has 0 unspecified atom stereocenters. The minimum atomic E-state index is 0.922. The molecule has 0 aliphatic carbocycles. The maximum Gasteiger partial charge on any atom is 0.113 e. The van der Waals surface area contributed by atoms with Crippen LogP contribution >= 0.6 is 0 Å². The monoisotopic (exact) mass is 275 g/mol. The van der Waals surface area contributed by atoms with Crippen LogP contribution in [-0.4, -0.2) is 15.0 Å². The fourth-order valence-electron chi connectivity index (χ4n) is 2.15. The first-order valence-corrected chi connectivity index (χ1v) is 7.12. The highest BCUT2D eigenvalue weighted by atomic mass is 15.4. The molecule has 1 heterocycles. The molecule has 0 aliphatic heterocycles. The summed E-state index contributed by atoms with van der Waals surface area (Å²) in [5, 5.41) is 8.24. The third kappa shape index (κ3) is 3.45. The molecule has 3 heteroatoms. The van der Waals surface area contributed by atoms with Crippen molar-refractivity contribution in [1.82, 2.24) is 15.0 Å². The summed E-state index contributed by atoms with van der Waals surface area (Å²) in [7, 11) is 0. The lowest BCUT2D eigenvalue weighted by Gasteiger charge is -1.93. The maximum absolute atomic E-state index is 4.12. The van der Waals surface area contributed by atoms with E-state index in [1.54, 1.807) is 0 Å². The Labute approximate surface area is 124 Å². The van der Waals surface area contributed by atoms with Gasteiger partial charge in [0.05, 0.1) is 5.52 Å². The van der Waals surface area contributed by atoms with E-state index < -0.39 is 0 Å². The highest BCUT2D eigenvalue weighted by molar-refractivity contribution is 5.75. The Morgan fingerprint density at radius 1 is 0.857 bits per heavy atom. The van der Waals surface area contributed by atoms with Crippen LogP contribution in [0.15, 0.2) is 66.7 Å². The zero-order valence-corrected chi connectivity index (χ0v) is 11.8. The molecule has 21 heavy (non-hydrogen) atoms. The summed E-state index contributed by atoms with van der Waals surface area (Å²) < 4.78 is 1.82. The number of benzene rings is 2. The second-order valence-electron chi connectivity index (χ2n) is 4.80. The van der Waals surface area contributed by atoms with Gasteiger partial charge in [0.2, 0.25) is 0 Å². The second-order valence-corrected chi connectivity index (χ2v) is 4.80. The number of rotatable bonds is 5. The molecule has 0 N–H and O–H groups in total. The van der Waals surface area contributed by atoms with Crippen LogP contribution in [0.3, 0.4) is 0 Å². The van der Waals surface area contributed by atoms with Gasteiger partial charge in [0.15, 0.2) is 0 Å². The van der Waals surface area contributed by atoms with E-state index in [-0.39, 0.29) is 0 Å². The third-order valence-electron chi connectivity index (χ3n) is 3.23. The standard InChI is InChI=1S/C18H17N3/c1(4-10-16-11-5-3-6-12-16)2-9-15-21-18-14-8-7-13-17(18)19-20-21/h3-15H,1-2H2. The number of unbranched alkanes of at least 4 members (excludes halogenated alkanes) is 1. The Bertz CT molecular complexity index is 754. The first-order chi connectivity index (χ1) is 10.4. The van der Waals surface area contributed by atoms with Crippen LogP contribution in [0.25, 0.3) is 23.3 Å². The van der Waals surface area contributed by atoms with E-state index in [2.05, 4.69) is 52.8 Å². The molecule has 104 valence electrons. The van der Waals surface area contributed by atoms with E-state index in [0.29, 0.717) is 0 Å². The Kier molecular flexibility index (Phi) is 4.22. The molecule has 0 saturated carbocycles. The summed E-state index contributed by atoms with van der Waals surface area (Å²) in [6, 6.07) is 18.3. The summed E-state index contributed by atoms with van der Waals surface area (Å²) in [5.74, 6) is 0. The number of hydrogen-bond donors (Lipinski definition) is 0. The van der Waals surface area contributed by atoms with Gasteiger partial charge in [0, 0.05) is 6.20 Å². The van der Waals surface area contributed by atoms with Gasteiger partial charge in [0.1, 0.15) is 5.52 Å². The molecule has 3 aromatic rings. The van der Waals surface area contributed by atoms with Crippen molar-refractivity contribution in [1.29, 1.82) is 0 Å². The van der Waals surface area contributed by atoms with Gasteiger partial charge in [0.25, 0.3) is 0 Å². The van der Waals surface area contributed by atoms with Gasteiger partial charge in [-0.25, -0.2) is 4.68 Å². The van der Waals surface area contributed by atoms with Gasteiger partial charge in [-0.2, -0.15) is 0 Å². The molecule has 0 spiro atoms. The molecule has 2 aromatic carbocycles. The van der Waals surface area contributed by atoms with Gasteiger partial charge in [-0.05, 0) is 30.5 Å². The van der Waals surface area contributed by atoms with E-state index in [1.165, 1.54) is 5.56 Å². The normalized spacial score (nSPS) is 11.8. The molecule has 0 saturated heterocycles. The summed E-state index contributed by atoms with van der Waals surface area (Å²) in [4.78, 5) is 0. The Hall–Kier alpha value is -2.68. The molecule has 3 nitrogen and oxygen atoms in total. The lowest BCUT2D eigenvalue weighted by atomic mass is 10.2. The number of para-hydroxylation sites is 1. The van der Waals surface area contributed by atoms with Gasteiger partial charge >= 0.3 is 0 Å². The van der Waals surface area contributed by atoms with Gasteiger partial charge in [-0.3, -0.25) is 0 Å². The summed E-state index contributed by atoms with van der Waals surface area (Å²) >= 11 is 0. The highest BCUT2D eigenvalue weighted by Crippen LogP contribution is 2.10. The van der Waals surface area contributed by atoms with Crippen molar-refractivity contribution in [2.75, 3.05) is 0 Å². The molecular formula is C18H17N3. The number of allylic oxidation sites excluding steroid dienone is 2. The van der Waals surface area contributed by atoms with Crippen molar-refractivity contribution >= 4 is 23.3 Å². The number of fused-ring (bicyclic) bond motifs is 1. The maximum atomic E-state index is 4.12. The van der Waals surface area contributed by atoms with E-state index >= 15 is 0 Å². The molecule has 0 fully saturated rings. The zero-order chi connectivity index (χ0) is 14.3. The summed E-state index contributed by atoms with van der Waals surface area (Å²) in [5.41, 5.74) is 3.20. The van der Waals surface area contributed by atoms with Crippen LogP contribution in [0.4, 0.5) is 0 Å². The Morgan fingerprint density at radius 3 is 2.52 bits per heavy atom. The van der Waals surface area contributed by atoms with Gasteiger partial charge < -0.3 is 0 Å². The van der Waals surface area contributed by atoms with Crippen molar-refractivity contribution in [3.63, 3.8) is 0 Å². The van der Waals surface area contributed by atoms with Crippen LogP contribution in [0, 0.1) is 0 Å². The van der Waals surface area contributed by atoms with E-state index in [9.17, 15) is 0 Å². The van der Waals surface area contributed by atoms with Gasteiger partial charge in [-0.15, -0.1) is 5.10 Å². The predicted molar refractivity (Wildman–Crippen MR) is 87.6 cm³/mol. The molecule has 0 aliphatic rings. The topological polar surface area (TPSA) is 30.7 Å². The third-order valence-corrected chi connectivity index (χ3v) is 3.23. The Morgan fingerprint density at radius 2 is 1.62 bits per heavy atom. The minimum Gasteiger partial charge on any atom is -0.220 e. The largest absolute Gasteiger partial charge is 0.220 e. The quantitative estimate of drug-likeness (QED) is 0.646. The lowest BCUT2D eigenvalue weighted by Crippen LogP contribution is -1.88. The predicted octanol–water partition coefficient (Wildman–Crippen LogP) is 4.40. The molecule has 0 amide bonds. The van der Waals surface area contributed by atoms with Crippen LogP contribution in [0.5, 0.6) is 0 Å². The highest BCUT2D eigenvalue weighted by Gasteiger charge is 1.98. The average Bonchev–Trinajstić information content (AvgIpc) is 2.95. The first kappa shape index (κ1) is 13.3. The van der Waals surface area contributed by atoms with Crippen LogP contribution < -0.4 is 0 Å². The van der Waals surface area contributed by atoms with Crippen molar-refractivity contribution in [3.8, 4) is 0 Å². The molecule has 3 rings (SSSR count). The van der Waals surface area contributed by atoms with E-state index in [4.69, 9.17) is 0 Å². The zero-order valence-electron chi connectivity index (χ0n) is 11.8. The molecule has 1 aromatic heterocycles. The average molecular weight is 275 g/mol. The van der Waals surface area contributed by atoms with Crippen molar-refractivity contribution in [3.05, 3.63) is 72.3 Å². The van der Waals surface area contributed by atoms with Crippen molar-refractivity contribution < 1.29 is 0 Å². The smallest absolute Gasteiger partial charge is 0.113 e. The minimum absolute atomic E-state index is 0.922. The lowest BCUT2D eigenvalue weighted by molar-refractivity contribution is 0.857.